The van der Waals surface area contributed by atoms with Crippen LogP contribution in [0.3, 0.4) is 0 Å². The molecule has 0 fully saturated rings. The first-order valence-corrected chi connectivity index (χ1v) is 7.39. The summed E-state index contributed by atoms with van der Waals surface area (Å²) in [7, 11) is 0. The highest BCUT2D eigenvalue weighted by Gasteiger charge is 2.16. The Labute approximate surface area is 127 Å². The largest absolute Gasteiger partial charge is 0.302 e. The van der Waals surface area contributed by atoms with Crippen LogP contribution >= 0.6 is 39.3 Å². The number of rotatable bonds is 4. The van der Waals surface area contributed by atoms with Gasteiger partial charge in [-0.05, 0) is 33.6 Å². The van der Waals surface area contributed by atoms with Crippen molar-refractivity contribution in [1.29, 1.82) is 0 Å². The normalized spacial score (nSPS) is 10.4. The number of nitrogens with zero attached hydrogens (tertiary/aromatic N) is 2. The van der Waals surface area contributed by atoms with E-state index in [0.29, 0.717) is 20.3 Å². The topological polar surface area (TPSA) is 56.0 Å². The van der Waals surface area contributed by atoms with E-state index in [1.54, 1.807) is 18.3 Å². The Morgan fingerprint density at radius 3 is 2.68 bits per heavy atom. The lowest BCUT2D eigenvalue weighted by Gasteiger charge is -2.03. The molecule has 98 valence electrons. The zero-order chi connectivity index (χ0) is 13.8. The molecule has 0 bridgehead atoms. The summed E-state index contributed by atoms with van der Waals surface area (Å²) in [5, 5.41) is 12.0. The summed E-state index contributed by atoms with van der Waals surface area (Å²) < 4.78 is 0.593. The van der Waals surface area contributed by atoms with Gasteiger partial charge in [-0.3, -0.25) is 10.1 Å². The van der Waals surface area contributed by atoms with Crippen LogP contribution < -0.4 is 0 Å². The molecule has 7 heteroatoms. The Hall–Kier alpha value is -1.11. The van der Waals surface area contributed by atoms with Crippen molar-refractivity contribution in [3.05, 3.63) is 61.7 Å². The summed E-state index contributed by atoms with van der Waals surface area (Å²) in [5.41, 5.74) is 1.04. The summed E-state index contributed by atoms with van der Waals surface area (Å²) in [6.45, 7) is 0. The zero-order valence-corrected chi connectivity index (χ0v) is 12.7. The predicted molar refractivity (Wildman–Crippen MR) is 79.6 cm³/mol. The molecule has 0 atom stereocenters. The highest BCUT2D eigenvalue weighted by Crippen LogP contribution is 2.31. The molecule has 0 amide bonds. The number of halogens is 2. The minimum Gasteiger partial charge on any atom is -0.258 e. The Balaban J connectivity index is 2.15. The number of benzene rings is 1. The van der Waals surface area contributed by atoms with Crippen LogP contribution in [-0.4, -0.2) is 9.91 Å². The first kappa shape index (κ1) is 14.3. The lowest BCUT2D eigenvalue weighted by molar-refractivity contribution is -0.388. The molecule has 1 aromatic heterocycles. The van der Waals surface area contributed by atoms with E-state index in [-0.39, 0.29) is 5.69 Å². The number of thioether (sulfide) groups is 1. The van der Waals surface area contributed by atoms with Crippen molar-refractivity contribution in [2.24, 2.45) is 0 Å². The summed E-state index contributed by atoms with van der Waals surface area (Å²) in [5.74, 6) is 0.604. The quantitative estimate of drug-likeness (QED) is 0.451. The highest BCUT2D eigenvalue weighted by atomic mass is 79.9. The van der Waals surface area contributed by atoms with Crippen LogP contribution in [-0.2, 0) is 5.75 Å². The molecule has 4 nitrogen and oxygen atoms in total. The molecule has 0 saturated heterocycles. The van der Waals surface area contributed by atoms with E-state index in [9.17, 15) is 10.1 Å². The number of nitro groups is 1. The molecule has 1 aromatic carbocycles. The fourth-order valence-electron chi connectivity index (χ4n) is 1.39. The maximum absolute atomic E-state index is 10.9. The van der Waals surface area contributed by atoms with Crippen LogP contribution in [0, 0.1) is 10.1 Å². The van der Waals surface area contributed by atoms with Crippen LogP contribution in [0.2, 0.25) is 5.02 Å². The maximum Gasteiger partial charge on any atom is 0.302 e. The monoisotopic (exact) mass is 358 g/mol. The summed E-state index contributed by atoms with van der Waals surface area (Å²) in [4.78, 5) is 14.6. The van der Waals surface area contributed by atoms with E-state index in [4.69, 9.17) is 11.6 Å². The van der Waals surface area contributed by atoms with Crippen LogP contribution in [0.5, 0.6) is 0 Å². The van der Waals surface area contributed by atoms with E-state index < -0.39 is 4.92 Å². The van der Waals surface area contributed by atoms with Gasteiger partial charge in [0.25, 0.3) is 0 Å². The fourth-order valence-corrected chi connectivity index (χ4v) is 2.74. The van der Waals surface area contributed by atoms with Gasteiger partial charge in [0.2, 0.25) is 0 Å². The average molecular weight is 360 g/mol. The van der Waals surface area contributed by atoms with Crippen molar-refractivity contribution in [3.63, 3.8) is 0 Å². The SMILES string of the molecule is O=[N+]([O-])c1cc(Br)cnc1SCc1ccc(Cl)cc1. The second-order valence-corrected chi connectivity index (χ2v) is 5.97. The third kappa shape index (κ3) is 3.92. The van der Waals surface area contributed by atoms with Gasteiger partial charge in [-0.2, -0.15) is 0 Å². The van der Waals surface area contributed by atoms with Gasteiger partial charge in [0, 0.05) is 27.5 Å². The Kier molecular flexibility index (Phi) is 4.79. The minimum absolute atomic E-state index is 0.00772. The van der Waals surface area contributed by atoms with Crippen molar-refractivity contribution in [3.8, 4) is 0 Å². The molecule has 0 aliphatic heterocycles. The third-order valence-electron chi connectivity index (χ3n) is 2.28. The van der Waals surface area contributed by atoms with Crippen LogP contribution in [0.15, 0.2) is 46.0 Å². The standard InChI is InChI=1S/C12H8BrClN2O2S/c13-9-5-11(16(17)18)12(15-6-9)19-7-8-1-3-10(14)4-2-8/h1-6H,7H2. The molecule has 2 rings (SSSR count). The zero-order valence-electron chi connectivity index (χ0n) is 9.55. The highest BCUT2D eigenvalue weighted by molar-refractivity contribution is 9.10. The first-order chi connectivity index (χ1) is 9.06. The van der Waals surface area contributed by atoms with Gasteiger partial charge in [-0.25, -0.2) is 4.98 Å². The number of hydrogen-bond acceptors (Lipinski definition) is 4. The minimum atomic E-state index is -0.429. The van der Waals surface area contributed by atoms with E-state index in [1.165, 1.54) is 17.8 Å². The lowest BCUT2D eigenvalue weighted by Crippen LogP contribution is -1.94. The van der Waals surface area contributed by atoms with Gasteiger partial charge >= 0.3 is 5.69 Å². The molecule has 0 saturated carbocycles. The molecule has 0 aliphatic rings. The molecule has 0 unspecified atom stereocenters. The number of aromatic nitrogens is 1. The number of pyridine rings is 1. The van der Waals surface area contributed by atoms with E-state index >= 15 is 0 Å². The van der Waals surface area contributed by atoms with Crippen molar-refractivity contribution in [2.45, 2.75) is 10.8 Å². The Morgan fingerprint density at radius 2 is 2.05 bits per heavy atom. The van der Waals surface area contributed by atoms with E-state index in [0.717, 1.165) is 5.56 Å². The fraction of sp³-hybridized carbons (Fsp3) is 0.0833. The average Bonchev–Trinajstić information content (AvgIpc) is 2.39. The molecule has 0 radical (unpaired) electrons. The van der Waals surface area contributed by atoms with Crippen LogP contribution in [0.1, 0.15) is 5.56 Å². The van der Waals surface area contributed by atoms with Crippen molar-refractivity contribution in [2.75, 3.05) is 0 Å². The van der Waals surface area contributed by atoms with Gasteiger partial charge < -0.3 is 0 Å². The van der Waals surface area contributed by atoms with Crippen LogP contribution in [0.4, 0.5) is 5.69 Å². The third-order valence-corrected chi connectivity index (χ3v) is 4.04. The van der Waals surface area contributed by atoms with Gasteiger partial charge in [0.15, 0.2) is 5.03 Å². The molecule has 0 N–H and O–H groups in total. The summed E-state index contributed by atoms with van der Waals surface area (Å²) in [6, 6.07) is 8.82. The molecule has 1 heterocycles. The van der Waals surface area contributed by atoms with E-state index in [1.807, 2.05) is 12.1 Å². The summed E-state index contributed by atoms with van der Waals surface area (Å²) in [6.07, 6.45) is 1.55. The second-order valence-electron chi connectivity index (χ2n) is 3.65. The van der Waals surface area contributed by atoms with Gasteiger partial charge in [-0.15, -0.1) is 0 Å². The Morgan fingerprint density at radius 1 is 1.37 bits per heavy atom. The van der Waals surface area contributed by atoms with E-state index in [2.05, 4.69) is 20.9 Å². The maximum atomic E-state index is 10.9. The first-order valence-electron chi connectivity index (χ1n) is 5.23. The molecular formula is C12H8BrClN2O2S. The second kappa shape index (κ2) is 6.36. The number of hydrogen-bond donors (Lipinski definition) is 0. The lowest BCUT2D eigenvalue weighted by atomic mass is 10.2. The summed E-state index contributed by atoms with van der Waals surface area (Å²) >= 11 is 10.3. The van der Waals surface area contributed by atoms with Gasteiger partial charge in [0.05, 0.1) is 4.92 Å². The van der Waals surface area contributed by atoms with Crippen molar-refractivity contribution >= 4 is 45.0 Å². The molecule has 2 aromatic rings. The van der Waals surface area contributed by atoms with Crippen molar-refractivity contribution in [1.82, 2.24) is 4.98 Å². The molecule has 0 spiro atoms. The van der Waals surface area contributed by atoms with Gasteiger partial charge in [-0.1, -0.05) is 35.5 Å². The predicted octanol–water partition coefficient (Wildman–Crippen LogP) is 4.70. The smallest absolute Gasteiger partial charge is 0.258 e. The van der Waals surface area contributed by atoms with Crippen molar-refractivity contribution < 1.29 is 4.92 Å². The molecule has 19 heavy (non-hydrogen) atoms. The Bertz CT molecular complexity index is 607. The molecule has 0 aliphatic carbocycles. The molecular weight excluding hydrogens is 352 g/mol. The van der Waals surface area contributed by atoms with Crippen LogP contribution in [0.25, 0.3) is 0 Å². The van der Waals surface area contributed by atoms with Gasteiger partial charge in [0.1, 0.15) is 0 Å².